The first-order chi connectivity index (χ1) is 17.9. The van der Waals surface area contributed by atoms with Gasteiger partial charge in [-0.1, -0.05) is 114 Å². The van der Waals surface area contributed by atoms with E-state index in [-0.39, 0.29) is 11.9 Å². The zero-order valence-corrected chi connectivity index (χ0v) is 24.2. The van der Waals surface area contributed by atoms with Gasteiger partial charge in [0.2, 0.25) is 6.29 Å². The van der Waals surface area contributed by atoms with Crippen molar-refractivity contribution in [2.24, 2.45) is 5.92 Å². The number of rotatable bonds is 19. The van der Waals surface area contributed by atoms with Crippen LogP contribution in [-0.2, 0) is 22.5 Å². The highest BCUT2D eigenvalue weighted by Crippen LogP contribution is 2.24. The van der Waals surface area contributed by atoms with Gasteiger partial charge in [-0.3, -0.25) is 4.79 Å². The summed E-state index contributed by atoms with van der Waals surface area (Å²) < 4.78 is 12.9. The van der Waals surface area contributed by atoms with Crippen LogP contribution in [0, 0.1) is 5.92 Å². The number of hydrogen-bond acceptors (Lipinski definition) is 3. The van der Waals surface area contributed by atoms with Crippen molar-refractivity contribution in [3.05, 3.63) is 65.7 Å². The number of quaternary nitrogens is 1. The van der Waals surface area contributed by atoms with Gasteiger partial charge in [0.25, 0.3) is 0 Å². The van der Waals surface area contributed by atoms with E-state index in [4.69, 9.17) is 9.47 Å². The summed E-state index contributed by atoms with van der Waals surface area (Å²) in [5.41, 5.74) is 2.48. The predicted octanol–water partition coefficient (Wildman–Crippen LogP) is 8.33. The van der Waals surface area contributed by atoms with E-state index in [1.165, 1.54) is 56.1 Å². The van der Waals surface area contributed by atoms with Crippen LogP contribution in [0.2, 0.25) is 0 Å². The lowest BCUT2D eigenvalue weighted by Crippen LogP contribution is -2.45. The molecule has 2 atom stereocenters. The molecule has 2 unspecified atom stereocenters. The standard InChI is InChI=1S/C33H52NO3/c1-6-9-10-11-12-13-14-18-23-30-24-19-20-25-31(30)36-32(8-3)37-33(35)29(7-2)27-34(4,5)26-28-21-16-15-17-22-28/h15-17,19-22,24-25,29,32H,6-14,18,23,26-27H2,1-5H3/q+1. The molecule has 0 heterocycles. The Kier molecular flexibility index (Phi) is 14.4. The Morgan fingerprint density at radius 3 is 2.05 bits per heavy atom. The van der Waals surface area contributed by atoms with E-state index >= 15 is 0 Å². The summed E-state index contributed by atoms with van der Waals surface area (Å²) in [6.07, 6.45) is 12.3. The van der Waals surface area contributed by atoms with Crippen molar-refractivity contribution in [2.45, 2.75) is 104 Å². The fourth-order valence-electron chi connectivity index (χ4n) is 4.94. The Balaban J connectivity index is 1.87. The molecule has 0 bridgehead atoms. The maximum Gasteiger partial charge on any atom is 0.317 e. The van der Waals surface area contributed by atoms with Crippen molar-refractivity contribution in [3.8, 4) is 5.75 Å². The zero-order chi connectivity index (χ0) is 26.9. The molecule has 0 radical (unpaired) electrons. The number of esters is 1. The average molecular weight is 511 g/mol. The minimum absolute atomic E-state index is 0.158. The van der Waals surface area contributed by atoms with Crippen LogP contribution in [-0.4, -0.2) is 37.4 Å². The predicted molar refractivity (Wildman–Crippen MR) is 154 cm³/mol. The van der Waals surface area contributed by atoms with Gasteiger partial charge in [0.05, 0.1) is 20.6 Å². The maximum absolute atomic E-state index is 13.2. The van der Waals surface area contributed by atoms with Crippen molar-refractivity contribution in [1.29, 1.82) is 0 Å². The van der Waals surface area contributed by atoms with Crippen molar-refractivity contribution in [3.63, 3.8) is 0 Å². The number of carbonyl (C=O) groups excluding carboxylic acids is 1. The lowest BCUT2D eigenvalue weighted by molar-refractivity contribution is -0.906. The first-order valence-corrected chi connectivity index (χ1v) is 14.7. The van der Waals surface area contributed by atoms with E-state index in [0.717, 1.165) is 42.6 Å². The molecule has 2 aromatic rings. The van der Waals surface area contributed by atoms with Crippen LogP contribution < -0.4 is 4.74 Å². The van der Waals surface area contributed by atoms with E-state index in [1.807, 2.05) is 25.1 Å². The summed E-state index contributed by atoms with van der Waals surface area (Å²) in [6, 6.07) is 18.7. The number of para-hydroxylation sites is 1. The normalized spacial score (nSPS) is 13.2. The summed E-state index contributed by atoms with van der Waals surface area (Å²) in [5, 5.41) is 0. The quantitative estimate of drug-likeness (QED) is 0.0824. The Morgan fingerprint density at radius 2 is 1.41 bits per heavy atom. The van der Waals surface area contributed by atoms with E-state index in [2.05, 4.69) is 64.3 Å². The third kappa shape index (κ3) is 12.2. The average Bonchev–Trinajstić information content (AvgIpc) is 2.89. The minimum Gasteiger partial charge on any atom is -0.455 e. The van der Waals surface area contributed by atoms with E-state index in [9.17, 15) is 4.79 Å². The minimum atomic E-state index is -0.564. The number of nitrogens with zero attached hydrogens (tertiary/aromatic N) is 1. The van der Waals surface area contributed by atoms with Gasteiger partial charge in [0.15, 0.2) is 0 Å². The van der Waals surface area contributed by atoms with Crippen molar-refractivity contribution in [2.75, 3.05) is 20.6 Å². The second kappa shape index (κ2) is 17.2. The van der Waals surface area contributed by atoms with Crippen LogP contribution in [0.3, 0.4) is 0 Å². The van der Waals surface area contributed by atoms with E-state index in [1.54, 1.807) is 0 Å². The summed E-state index contributed by atoms with van der Waals surface area (Å²) in [5.74, 6) is 0.524. The lowest BCUT2D eigenvalue weighted by Gasteiger charge is -2.33. The number of carbonyl (C=O) groups is 1. The molecule has 0 aromatic heterocycles. The molecule has 0 aliphatic carbocycles. The molecule has 206 valence electrons. The van der Waals surface area contributed by atoms with Crippen LogP contribution in [0.1, 0.15) is 96.1 Å². The monoisotopic (exact) mass is 510 g/mol. The molecule has 0 amide bonds. The summed E-state index contributed by atoms with van der Waals surface area (Å²) in [7, 11) is 4.36. The Hall–Kier alpha value is -2.33. The zero-order valence-electron chi connectivity index (χ0n) is 24.2. The molecule has 0 saturated heterocycles. The number of aryl methyl sites for hydroxylation is 1. The molecule has 4 nitrogen and oxygen atoms in total. The van der Waals surface area contributed by atoms with Crippen LogP contribution in [0.4, 0.5) is 0 Å². The van der Waals surface area contributed by atoms with Gasteiger partial charge in [0.1, 0.15) is 18.2 Å². The number of unbranched alkanes of at least 4 members (excludes halogenated alkanes) is 7. The molecule has 0 aliphatic heterocycles. The summed E-state index contributed by atoms with van der Waals surface area (Å²) in [4.78, 5) is 13.2. The molecule has 0 fully saturated rings. The van der Waals surface area contributed by atoms with Gasteiger partial charge in [-0.25, -0.2) is 0 Å². The first kappa shape index (κ1) is 30.9. The van der Waals surface area contributed by atoms with Crippen molar-refractivity contribution < 1.29 is 18.8 Å². The second-order valence-electron chi connectivity index (χ2n) is 11.1. The third-order valence-electron chi connectivity index (χ3n) is 7.11. The molecule has 0 spiro atoms. The van der Waals surface area contributed by atoms with Crippen LogP contribution >= 0.6 is 0 Å². The summed E-state index contributed by atoms with van der Waals surface area (Å²) >= 11 is 0. The van der Waals surface area contributed by atoms with Gasteiger partial charge < -0.3 is 14.0 Å². The molecule has 37 heavy (non-hydrogen) atoms. The Bertz CT molecular complexity index is 880. The van der Waals surface area contributed by atoms with Crippen LogP contribution in [0.25, 0.3) is 0 Å². The number of benzene rings is 2. The van der Waals surface area contributed by atoms with E-state index < -0.39 is 6.29 Å². The fourth-order valence-corrected chi connectivity index (χ4v) is 4.94. The highest BCUT2D eigenvalue weighted by Gasteiger charge is 2.30. The Morgan fingerprint density at radius 1 is 0.784 bits per heavy atom. The van der Waals surface area contributed by atoms with Gasteiger partial charge >= 0.3 is 5.97 Å². The first-order valence-electron chi connectivity index (χ1n) is 14.7. The van der Waals surface area contributed by atoms with Crippen LogP contribution in [0.5, 0.6) is 5.75 Å². The second-order valence-corrected chi connectivity index (χ2v) is 11.1. The fraction of sp³-hybridized carbons (Fsp3) is 0.606. The SMILES string of the molecule is CCCCCCCCCCc1ccccc1OC(CC)OC(=O)C(CC)C[N+](C)(C)Cc1ccccc1. The highest BCUT2D eigenvalue weighted by atomic mass is 16.7. The lowest BCUT2D eigenvalue weighted by atomic mass is 10.0. The van der Waals surface area contributed by atoms with Crippen molar-refractivity contribution >= 4 is 5.97 Å². The third-order valence-corrected chi connectivity index (χ3v) is 7.11. The van der Waals surface area contributed by atoms with Gasteiger partial charge in [-0.05, 0) is 30.9 Å². The van der Waals surface area contributed by atoms with Gasteiger partial charge in [-0.15, -0.1) is 0 Å². The van der Waals surface area contributed by atoms with Gasteiger partial charge in [-0.2, -0.15) is 0 Å². The summed E-state index contributed by atoms with van der Waals surface area (Å²) in [6.45, 7) is 7.95. The number of ether oxygens (including phenoxy) is 2. The van der Waals surface area contributed by atoms with Gasteiger partial charge in [0, 0.05) is 12.0 Å². The molecule has 0 saturated carbocycles. The molecule has 0 aliphatic rings. The van der Waals surface area contributed by atoms with Crippen LogP contribution in [0.15, 0.2) is 54.6 Å². The molecule has 2 rings (SSSR count). The topological polar surface area (TPSA) is 35.5 Å². The van der Waals surface area contributed by atoms with Crippen molar-refractivity contribution in [1.82, 2.24) is 0 Å². The molecule has 2 aromatic carbocycles. The number of hydrogen-bond donors (Lipinski definition) is 0. The molecule has 4 heteroatoms. The smallest absolute Gasteiger partial charge is 0.317 e. The highest BCUT2D eigenvalue weighted by molar-refractivity contribution is 5.72. The molecular formula is C33H52NO3+. The Labute approximate surface area is 227 Å². The molecule has 0 N–H and O–H groups in total. The molecular weight excluding hydrogens is 458 g/mol. The van der Waals surface area contributed by atoms with E-state index in [0.29, 0.717) is 6.42 Å². The maximum atomic E-state index is 13.2. The largest absolute Gasteiger partial charge is 0.455 e.